The van der Waals surface area contributed by atoms with Gasteiger partial charge in [0.15, 0.2) is 0 Å². The van der Waals surface area contributed by atoms with Crippen molar-refractivity contribution < 1.29 is 0 Å². The zero-order chi connectivity index (χ0) is 12.1. The number of thiazole rings is 1. The Hall–Kier alpha value is -1.73. The molecule has 0 aromatic carbocycles. The molecule has 4 N–H and O–H groups in total. The van der Waals surface area contributed by atoms with E-state index in [2.05, 4.69) is 25.7 Å². The molecule has 6 nitrogen and oxygen atoms in total. The zero-order valence-electron chi connectivity index (χ0n) is 9.47. The highest BCUT2D eigenvalue weighted by molar-refractivity contribution is 7.09. The van der Waals surface area contributed by atoms with E-state index >= 15 is 0 Å². The summed E-state index contributed by atoms with van der Waals surface area (Å²) >= 11 is 1.61. The van der Waals surface area contributed by atoms with Crippen molar-refractivity contribution in [3.8, 4) is 0 Å². The minimum absolute atomic E-state index is 0.657. The van der Waals surface area contributed by atoms with Crippen molar-refractivity contribution in [2.75, 3.05) is 10.7 Å². The Bertz CT molecular complexity index is 470. The predicted octanol–water partition coefficient (Wildman–Crippen LogP) is 1.39. The van der Waals surface area contributed by atoms with Gasteiger partial charge in [-0.05, 0) is 6.42 Å². The Balaban J connectivity index is 2.14. The first-order valence-electron chi connectivity index (χ1n) is 5.28. The van der Waals surface area contributed by atoms with Crippen LogP contribution in [0.2, 0.25) is 0 Å². The van der Waals surface area contributed by atoms with Crippen molar-refractivity contribution in [3.63, 3.8) is 0 Å². The number of anilines is 2. The van der Waals surface area contributed by atoms with Crippen molar-refractivity contribution >= 4 is 23.0 Å². The van der Waals surface area contributed by atoms with Gasteiger partial charge in [-0.2, -0.15) is 0 Å². The maximum atomic E-state index is 5.41. The van der Waals surface area contributed by atoms with Crippen LogP contribution in [0.4, 0.5) is 11.6 Å². The maximum Gasteiger partial charge on any atom is 0.148 e. The summed E-state index contributed by atoms with van der Waals surface area (Å²) in [6.07, 6.45) is 4.08. The fraction of sp³-hybridized carbons (Fsp3) is 0.300. The lowest BCUT2D eigenvalue weighted by atomic mass is 10.2. The fourth-order valence-corrected chi connectivity index (χ4v) is 2.08. The molecule has 0 aliphatic rings. The van der Waals surface area contributed by atoms with Crippen LogP contribution in [0.25, 0.3) is 0 Å². The van der Waals surface area contributed by atoms with Crippen molar-refractivity contribution in [2.45, 2.75) is 19.9 Å². The van der Waals surface area contributed by atoms with Crippen LogP contribution in [-0.2, 0) is 13.0 Å². The molecule has 2 heterocycles. The van der Waals surface area contributed by atoms with Gasteiger partial charge in [0.05, 0.1) is 6.54 Å². The lowest BCUT2D eigenvalue weighted by molar-refractivity contribution is 0.999. The summed E-state index contributed by atoms with van der Waals surface area (Å²) in [5.74, 6) is 6.86. The Labute approximate surface area is 103 Å². The number of nitrogens with one attached hydrogen (secondary N) is 2. The molecule has 0 bridgehead atoms. The highest BCUT2D eigenvalue weighted by atomic mass is 32.1. The number of hydrogen-bond donors (Lipinski definition) is 3. The molecule has 0 unspecified atom stereocenters. The molecule has 7 heteroatoms. The van der Waals surface area contributed by atoms with Gasteiger partial charge in [-0.15, -0.1) is 11.3 Å². The number of hydrazine groups is 1. The van der Waals surface area contributed by atoms with Crippen molar-refractivity contribution in [1.82, 2.24) is 15.0 Å². The van der Waals surface area contributed by atoms with Crippen LogP contribution in [0.15, 0.2) is 17.9 Å². The summed E-state index contributed by atoms with van der Waals surface area (Å²) < 4.78 is 0. The van der Waals surface area contributed by atoms with Crippen LogP contribution in [0, 0.1) is 0 Å². The number of hydrogen-bond acceptors (Lipinski definition) is 7. The maximum absolute atomic E-state index is 5.41. The van der Waals surface area contributed by atoms with Gasteiger partial charge in [-0.3, -0.25) is 0 Å². The lowest BCUT2D eigenvalue weighted by Crippen LogP contribution is -2.13. The second-order valence-electron chi connectivity index (χ2n) is 3.33. The molecule has 2 aromatic heterocycles. The molecule has 0 atom stereocenters. The van der Waals surface area contributed by atoms with Gasteiger partial charge in [0.1, 0.15) is 23.0 Å². The van der Waals surface area contributed by atoms with E-state index in [0.717, 1.165) is 22.8 Å². The molecular weight excluding hydrogens is 236 g/mol. The highest BCUT2D eigenvalue weighted by Gasteiger charge is 2.08. The number of nitrogen functional groups attached to an aromatic ring is 1. The fourth-order valence-electron chi connectivity index (χ4n) is 1.52. The third-order valence-electron chi connectivity index (χ3n) is 2.33. The third kappa shape index (κ3) is 2.69. The second-order valence-corrected chi connectivity index (χ2v) is 4.31. The molecule has 17 heavy (non-hydrogen) atoms. The van der Waals surface area contributed by atoms with E-state index in [4.69, 9.17) is 5.84 Å². The van der Waals surface area contributed by atoms with Gasteiger partial charge in [-0.25, -0.2) is 20.8 Å². The largest absolute Gasteiger partial charge is 0.363 e. The molecule has 0 aliphatic heterocycles. The normalized spacial score (nSPS) is 10.2. The molecule has 90 valence electrons. The van der Waals surface area contributed by atoms with Crippen LogP contribution < -0.4 is 16.6 Å². The predicted molar refractivity (Wildman–Crippen MR) is 68.7 cm³/mol. The smallest absolute Gasteiger partial charge is 0.148 e. The van der Waals surface area contributed by atoms with E-state index in [9.17, 15) is 0 Å². The van der Waals surface area contributed by atoms with Crippen LogP contribution >= 0.6 is 11.3 Å². The first-order chi connectivity index (χ1) is 8.35. The molecule has 0 saturated carbocycles. The van der Waals surface area contributed by atoms with Crippen molar-refractivity contribution in [3.05, 3.63) is 28.5 Å². The van der Waals surface area contributed by atoms with E-state index in [-0.39, 0.29) is 0 Å². The van der Waals surface area contributed by atoms with Gasteiger partial charge >= 0.3 is 0 Å². The van der Waals surface area contributed by atoms with Gasteiger partial charge in [-0.1, -0.05) is 6.92 Å². The number of rotatable bonds is 5. The van der Waals surface area contributed by atoms with E-state index in [0.29, 0.717) is 12.4 Å². The SMILES string of the molecule is CCc1c(NN)ncnc1NCc1nccs1. The van der Waals surface area contributed by atoms with Gasteiger partial charge in [0, 0.05) is 17.1 Å². The van der Waals surface area contributed by atoms with E-state index in [1.165, 1.54) is 6.33 Å². The number of aromatic nitrogens is 3. The zero-order valence-corrected chi connectivity index (χ0v) is 10.3. The minimum atomic E-state index is 0.657. The summed E-state index contributed by atoms with van der Waals surface area (Å²) in [6, 6.07) is 0. The molecular formula is C10H14N6S. The summed E-state index contributed by atoms with van der Waals surface area (Å²) in [5.41, 5.74) is 3.55. The summed E-state index contributed by atoms with van der Waals surface area (Å²) in [7, 11) is 0. The number of nitrogens with two attached hydrogens (primary N) is 1. The molecule has 2 aromatic rings. The monoisotopic (exact) mass is 250 g/mol. The third-order valence-corrected chi connectivity index (χ3v) is 3.11. The molecule has 0 saturated heterocycles. The Kier molecular flexibility index (Phi) is 3.84. The molecule has 0 fully saturated rings. The van der Waals surface area contributed by atoms with Crippen LogP contribution in [0.5, 0.6) is 0 Å². The molecule has 0 aliphatic carbocycles. The Morgan fingerprint density at radius 2 is 2.12 bits per heavy atom. The van der Waals surface area contributed by atoms with E-state index in [1.807, 2.05) is 12.3 Å². The first-order valence-corrected chi connectivity index (χ1v) is 6.15. The van der Waals surface area contributed by atoms with Gasteiger partial charge in [0.25, 0.3) is 0 Å². The van der Waals surface area contributed by atoms with E-state index in [1.54, 1.807) is 17.5 Å². The Morgan fingerprint density at radius 3 is 2.76 bits per heavy atom. The van der Waals surface area contributed by atoms with E-state index < -0.39 is 0 Å². The van der Waals surface area contributed by atoms with Crippen LogP contribution in [0.1, 0.15) is 17.5 Å². The van der Waals surface area contributed by atoms with Crippen LogP contribution in [0.3, 0.4) is 0 Å². The topological polar surface area (TPSA) is 88.8 Å². The summed E-state index contributed by atoms with van der Waals surface area (Å²) in [6.45, 7) is 2.69. The minimum Gasteiger partial charge on any atom is -0.363 e. The highest BCUT2D eigenvalue weighted by Crippen LogP contribution is 2.20. The van der Waals surface area contributed by atoms with Crippen molar-refractivity contribution in [1.29, 1.82) is 0 Å². The molecule has 0 spiro atoms. The second kappa shape index (κ2) is 5.55. The molecule has 0 radical (unpaired) electrons. The van der Waals surface area contributed by atoms with Gasteiger partial charge < -0.3 is 10.7 Å². The van der Waals surface area contributed by atoms with Crippen molar-refractivity contribution in [2.24, 2.45) is 5.84 Å². The summed E-state index contributed by atoms with van der Waals surface area (Å²) in [4.78, 5) is 12.5. The average molecular weight is 250 g/mol. The molecule has 0 amide bonds. The molecule has 2 rings (SSSR count). The quantitative estimate of drug-likeness (QED) is 0.549. The van der Waals surface area contributed by atoms with Gasteiger partial charge in [0.2, 0.25) is 0 Å². The Morgan fingerprint density at radius 1 is 1.29 bits per heavy atom. The lowest BCUT2D eigenvalue weighted by Gasteiger charge is -2.11. The first kappa shape index (κ1) is 11.7. The number of nitrogens with zero attached hydrogens (tertiary/aromatic N) is 3. The van der Waals surface area contributed by atoms with Crippen LogP contribution in [-0.4, -0.2) is 15.0 Å². The summed E-state index contributed by atoms with van der Waals surface area (Å²) in [5, 5.41) is 6.21. The standard InChI is InChI=1S/C10H14N6S/c1-2-7-9(14-6-15-10(7)16-11)13-5-8-12-3-4-17-8/h3-4,6H,2,5,11H2,1H3,(H2,13,14,15,16). The average Bonchev–Trinajstić information content (AvgIpc) is 2.88.